The Morgan fingerprint density at radius 3 is 1.43 bits per heavy atom. The van der Waals surface area contributed by atoms with Gasteiger partial charge in [-0.25, -0.2) is 0 Å². The van der Waals surface area contributed by atoms with Gasteiger partial charge in [-0.05, 0) is 99.7 Å². The standard InChI is InChI=1S/C24H38N2O2/c27-21(25-7-3-1-4-8-25)16-23-12-19-11-20(13-23)15-24(14-19,18-23)17-22(28)26-9-5-2-6-10-26/h19-20H,1-18H2. The van der Waals surface area contributed by atoms with Crippen molar-refractivity contribution in [2.24, 2.45) is 22.7 Å². The zero-order chi connectivity index (χ0) is 19.2. The highest BCUT2D eigenvalue weighted by molar-refractivity contribution is 5.78. The molecule has 4 nitrogen and oxygen atoms in total. The number of rotatable bonds is 4. The van der Waals surface area contributed by atoms with Gasteiger partial charge in [-0.3, -0.25) is 9.59 Å². The Labute approximate surface area is 170 Å². The molecule has 6 rings (SSSR count). The van der Waals surface area contributed by atoms with Crippen LogP contribution in [0.4, 0.5) is 0 Å². The second-order valence-electron chi connectivity index (χ2n) is 11.2. The van der Waals surface area contributed by atoms with Crippen molar-refractivity contribution < 1.29 is 9.59 Å². The quantitative estimate of drug-likeness (QED) is 0.719. The van der Waals surface area contributed by atoms with Crippen LogP contribution in [0, 0.1) is 22.7 Å². The van der Waals surface area contributed by atoms with Crippen molar-refractivity contribution >= 4 is 11.8 Å². The van der Waals surface area contributed by atoms with Crippen LogP contribution in [-0.2, 0) is 9.59 Å². The summed E-state index contributed by atoms with van der Waals surface area (Å²) in [5, 5.41) is 0. The van der Waals surface area contributed by atoms with Gasteiger partial charge in [0.15, 0.2) is 0 Å². The summed E-state index contributed by atoms with van der Waals surface area (Å²) < 4.78 is 0. The van der Waals surface area contributed by atoms with Gasteiger partial charge in [0.2, 0.25) is 11.8 Å². The highest BCUT2D eigenvalue weighted by Crippen LogP contribution is 2.67. The predicted octanol–water partition coefficient (Wildman–Crippen LogP) is 4.38. The molecule has 4 heteroatoms. The van der Waals surface area contributed by atoms with Crippen LogP contribution >= 0.6 is 0 Å². The van der Waals surface area contributed by atoms with Gasteiger partial charge < -0.3 is 9.80 Å². The lowest BCUT2D eigenvalue weighted by Gasteiger charge is -2.62. The molecule has 4 saturated carbocycles. The molecule has 6 fully saturated rings. The lowest BCUT2D eigenvalue weighted by Crippen LogP contribution is -2.55. The normalized spacial score (nSPS) is 40.0. The summed E-state index contributed by atoms with van der Waals surface area (Å²) in [6.45, 7) is 3.89. The van der Waals surface area contributed by atoms with Gasteiger partial charge in [0.1, 0.15) is 0 Å². The summed E-state index contributed by atoms with van der Waals surface area (Å²) in [7, 11) is 0. The first-order valence-electron chi connectivity index (χ1n) is 12.1. The third kappa shape index (κ3) is 3.61. The number of nitrogens with zero attached hydrogens (tertiary/aromatic N) is 2. The van der Waals surface area contributed by atoms with Gasteiger partial charge >= 0.3 is 0 Å². The topological polar surface area (TPSA) is 40.6 Å². The summed E-state index contributed by atoms with van der Waals surface area (Å²) in [5.41, 5.74) is 0.418. The van der Waals surface area contributed by atoms with Crippen molar-refractivity contribution in [3.05, 3.63) is 0 Å². The third-order valence-electron chi connectivity index (χ3n) is 8.77. The zero-order valence-electron chi connectivity index (χ0n) is 17.6. The molecule has 4 aliphatic carbocycles. The van der Waals surface area contributed by atoms with Crippen LogP contribution in [-0.4, -0.2) is 47.8 Å². The van der Waals surface area contributed by atoms with Gasteiger partial charge in [0.05, 0.1) is 0 Å². The van der Waals surface area contributed by atoms with Crippen molar-refractivity contribution in [2.45, 2.75) is 89.9 Å². The van der Waals surface area contributed by atoms with Gasteiger partial charge in [0, 0.05) is 39.0 Å². The Kier molecular flexibility index (Phi) is 4.95. The van der Waals surface area contributed by atoms with Crippen molar-refractivity contribution in [3.63, 3.8) is 0 Å². The molecule has 0 radical (unpaired) electrons. The van der Waals surface area contributed by atoms with E-state index in [0.717, 1.165) is 57.3 Å². The fourth-order valence-corrected chi connectivity index (χ4v) is 8.21. The highest BCUT2D eigenvalue weighted by Gasteiger charge is 2.58. The molecule has 0 unspecified atom stereocenters. The fraction of sp³-hybridized carbons (Fsp3) is 0.917. The molecule has 0 aromatic rings. The van der Waals surface area contributed by atoms with E-state index in [4.69, 9.17) is 0 Å². The number of piperidine rings is 2. The number of carbonyl (C=O) groups excluding carboxylic acids is 2. The van der Waals surface area contributed by atoms with E-state index in [9.17, 15) is 9.59 Å². The van der Waals surface area contributed by atoms with Crippen molar-refractivity contribution in [1.29, 1.82) is 0 Å². The maximum atomic E-state index is 13.1. The second kappa shape index (κ2) is 7.32. The van der Waals surface area contributed by atoms with E-state index in [2.05, 4.69) is 9.80 Å². The summed E-state index contributed by atoms with van der Waals surface area (Å²) in [6.07, 6.45) is 16.3. The lowest BCUT2D eigenvalue weighted by atomic mass is 9.43. The second-order valence-corrected chi connectivity index (χ2v) is 11.2. The first kappa shape index (κ1) is 18.9. The van der Waals surface area contributed by atoms with E-state index in [0.29, 0.717) is 11.8 Å². The Balaban J connectivity index is 1.29. The Bertz CT molecular complexity index is 554. The zero-order valence-corrected chi connectivity index (χ0v) is 17.6. The Morgan fingerprint density at radius 2 is 1.04 bits per heavy atom. The average Bonchev–Trinajstić information content (AvgIpc) is 2.67. The van der Waals surface area contributed by atoms with Gasteiger partial charge in [-0.1, -0.05) is 0 Å². The number of hydrogen-bond acceptors (Lipinski definition) is 2. The van der Waals surface area contributed by atoms with E-state index in [1.807, 2.05) is 0 Å². The smallest absolute Gasteiger partial charge is 0.223 e. The van der Waals surface area contributed by atoms with E-state index in [-0.39, 0.29) is 10.8 Å². The molecular formula is C24H38N2O2. The minimum atomic E-state index is 0.209. The Morgan fingerprint density at radius 1 is 0.643 bits per heavy atom. The number of hydrogen-bond donors (Lipinski definition) is 0. The van der Waals surface area contributed by atoms with Crippen LogP contribution in [0.3, 0.4) is 0 Å². The number of likely N-dealkylation sites (tertiary alicyclic amines) is 2. The molecule has 0 spiro atoms. The first-order chi connectivity index (χ1) is 13.5. The monoisotopic (exact) mass is 386 g/mol. The van der Waals surface area contributed by atoms with Crippen molar-refractivity contribution in [2.75, 3.05) is 26.2 Å². The largest absolute Gasteiger partial charge is 0.343 e. The summed E-state index contributed by atoms with van der Waals surface area (Å²) in [4.78, 5) is 30.5. The van der Waals surface area contributed by atoms with E-state index in [1.165, 1.54) is 70.6 Å². The number of amides is 2. The SMILES string of the molecule is O=C(CC12CC3CC(C1)CC(CC(=O)N1CCCCC1)(C3)C2)N1CCCCC1. The molecule has 156 valence electrons. The van der Waals surface area contributed by atoms with E-state index in [1.54, 1.807) is 0 Å². The molecule has 4 bridgehead atoms. The molecule has 2 heterocycles. The van der Waals surface area contributed by atoms with E-state index < -0.39 is 0 Å². The molecular weight excluding hydrogens is 348 g/mol. The lowest BCUT2D eigenvalue weighted by molar-refractivity contribution is -0.155. The van der Waals surface area contributed by atoms with Crippen molar-refractivity contribution in [3.8, 4) is 0 Å². The van der Waals surface area contributed by atoms with Crippen LogP contribution in [0.5, 0.6) is 0 Å². The van der Waals surface area contributed by atoms with Crippen LogP contribution in [0.25, 0.3) is 0 Å². The molecule has 6 aliphatic rings. The maximum absolute atomic E-state index is 13.1. The molecule has 0 atom stereocenters. The minimum Gasteiger partial charge on any atom is -0.343 e. The molecule has 2 aliphatic heterocycles. The van der Waals surface area contributed by atoms with Crippen LogP contribution in [0.15, 0.2) is 0 Å². The fourth-order valence-electron chi connectivity index (χ4n) is 8.21. The van der Waals surface area contributed by atoms with Crippen molar-refractivity contribution in [1.82, 2.24) is 9.80 Å². The predicted molar refractivity (Wildman–Crippen MR) is 110 cm³/mol. The summed E-state index contributed by atoms with van der Waals surface area (Å²) in [5.74, 6) is 2.37. The van der Waals surface area contributed by atoms with Gasteiger partial charge in [0.25, 0.3) is 0 Å². The highest BCUT2D eigenvalue weighted by atomic mass is 16.2. The van der Waals surface area contributed by atoms with Crippen LogP contribution < -0.4 is 0 Å². The minimum absolute atomic E-state index is 0.209. The number of carbonyl (C=O) groups is 2. The van der Waals surface area contributed by atoms with Gasteiger partial charge in [-0.15, -0.1) is 0 Å². The first-order valence-corrected chi connectivity index (χ1v) is 12.1. The molecule has 0 aromatic heterocycles. The summed E-state index contributed by atoms with van der Waals surface area (Å²) >= 11 is 0. The molecule has 0 aromatic carbocycles. The molecule has 2 amide bonds. The molecule has 0 N–H and O–H groups in total. The average molecular weight is 387 g/mol. The summed E-state index contributed by atoms with van der Waals surface area (Å²) in [6, 6.07) is 0. The van der Waals surface area contributed by atoms with Crippen LogP contribution in [0.1, 0.15) is 89.9 Å². The molecule has 2 saturated heterocycles. The Hall–Kier alpha value is -1.06. The molecule has 28 heavy (non-hydrogen) atoms. The van der Waals surface area contributed by atoms with E-state index >= 15 is 0 Å². The van der Waals surface area contributed by atoms with Crippen LogP contribution in [0.2, 0.25) is 0 Å². The van der Waals surface area contributed by atoms with Gasteiger partial charge in [-0.2, -0.15) is 0 Å². The maximum Gasteiger partial charge on any atom is 0.223 e. The third-order valence-corrected chi connectivity index (χ3v) is 8.77.